The smallest absolute Gasteiger partial charge is 0.118 e. The van der Waals surface area contributed by atoms with Gasteiger partial charge in [-0.3, -0.25) is 4.21 Å². The van der Waals surface area contributed by atoms with Crippen molar-refractivity contribution >= 4 is 9.93 Å². The Kier molecular flexibility index (Phi) is 4.36. The molecular weight excluding hydrogens is 232 g/mol. The van der Waals surface area contributed by atoms with Crippen molar-refractivity contribution in [3.8, 4) is 5.75 Å². The predicted molar refractivity (Wildman–Crippen MR) is 76.5 cm³/mol. The first-order chi connectivity index (χ1) is 7.74. The summed E-state index contributed by atoms with van der Waals surface area (Å²) in [4.78, 5) is 0. The van der Waals surface area contributed by atoms with E-state index >= 15 is 0 Å². The molecule has 0 spiro atoms. The van der Waals surface area contributed by atoms with Gasteiger partial charge in [-0.25, -0.2) is 0 Å². The average molecular weight is 256 g/mol. The van der Waals surface area contributed by atoms with Crippen molar-refractivity contribution in [1.29, 1.82) is 0 Å². The molecule has 98 valence electrons. The molecule has 0 saturated carbocycles. The summed E-state index contributed by atoms with van der Waals surface area (Å²) in [5.74, 6) is 0.362. The van der Waals surface area contributed by atoms with Crippen LogP contribution in [0.25, 0.3) is 0 Å². The van der Waals surface area contributed by atoms with E-state index in [1.807, 2.05) is 30.7 Å². The largest absolute Gasteiger partial charge is 0.508 e. The Morgan fingerprint density at radius 3 is 2.35 bits per heavy atom. The summed E-state index contributed by atoms with van der Waals surface area (Å²) in [5, 5.41) is 9.65. The van der Waals surface area contributed by atoms with Gasteiger partial charge in [-0.05, 0) is 43.4 Å². The number of aromatic hydroxyl groups is 1. The Labute approximate surface area is 105 Å². The maximum Gasteiger partial charge on any atom is 0.118 e. The van der Waals surface area contributed by atoms with Crippen LogP contribution in [0.5, 0.6) is 5.75 Å². The van der Waals surface area contributed by atoms with Crippen LogP contribution in [-0.2, 0) is 16.4 Å². The van der Waals surface area contributed by atoms with E-state index in [1.165, 1.54) is 0 Å². The highest BCUT2D eigenvalue weighted by Crippen LogP contribution is 2.27. The number of thiol groups is 1. The Bertz CT molecular complexity index is 418. The maximum absolute atomic E-state index is 12.1. The SMILES string of the molecule is CC(C)(CCCc1ccccc1O)[SH](C)(C)=O. The van der Waals surface area contributed by atoms with Crippen LogP contribution < -0.4 is 0 Å². The molecule has 0 bridgehead atoms. The highest BCUT2D eigenvalue weighted by molar-refractivity contribution is 8.02. The van der Waals surface area contributed by atoms with Crippen molar-refractivity contribution < 1.29 is 9.32 Å². The zero-order valence-electron chi connectivity index (χ0n) is 11.2. The second kappa shape index (κ2) is 5.21. The van der Waals surface area contributed by atoms with E-state index in [0.717, 1.165) is 24.8 Å². The van der Waals surface area contributed by atoms with Crippen LogP contribution in [0.2, 0.25) is 0 Å². The fourth-order valence-corrected chi connectivity index (χ4v) is 2.40. The fraction of sp³-hybridized carbons (Fsp3) is 0.571. The monoisotopic (exact) mass is 256 g/mol. The molecule has 0 heterocycles. The molecule has 0 fully saturated rings. The van der Waals surface area contributed by atoms with Crippen molar-refractivity contribution in [2.45, 2.75) is 37.9 Å². The Morgan fingerprint density at radius 2 is 1.82 bits per heavy atom. The third-order valence-electron chi connectivity index (χ3n) is 3.68. The van der Waals surface area contributed by atoms with E-state index in [0.29, 0.717) is 5.75 Å². The second-order valence-corrected chi connectivity index (χ2v) is 9.56. The van der Waals surface area contributed by atoms with E-state index in [9.17, 15) is 9.32 Å². The number of hydrogen-bond acceptors (Lipinski definition) is 2. The molecule has 0 saturated heterocycles. The van der Waals surface area contributed by atoms with Gasteiger partial charge < -0.3 is 5.11 Å². The van der Waals surface area contributed by atoms with Gasteiger partial charge in [0, 0.05) is 4.75 Å². The van der Waals surface area contributed by atoms with Crippen LogP contribution in [-0.4, -0.2) is 26.6 Å². The molecule has 1 aromatic carbocycles. The van der Waals surface area contributed by atoms with Crippen LogP contribution in [0.15, 0.2) is 24.3 Å². The van der Waals surface area contributed by atoms with Crippen LogP contribution >= 0.6 is 0 Å². The summed E-state index contributed by atoms with van der Waals surface area (Å²) in [5.41, 5.74) is 0.977. The molecule has 0 amide bonds. The first-order valence-corrected chi connectivity index (χ1v) is 8.66. The summed E-state index contributed by atoms with van der Waals surface area (Å²) in [6.45, 7) is 4.14. The first kappa shape index (κ1) is 14.2. The molecule has 0 atom stereocenters. The van der Waals surface area contributed by atoms with Gasteiger partial charge >= 0.3 is 0 Å². The minimum Gasteiger partial charge on any atom is -0.508 e. The van der Waals surface area contributed by atoms with Gasteiger partial charge in [0.1, 0.15) is 5.75 Å². The van der Waals surface area contributed by atoms with E-state index < -0.39 is 9.93 Å². The number of hydrogen-bond donors (Lipinski definition) is 2. The summed E-state index contributed by atoms with van der Waals surface area (Å²) in [7, 11) is -2.06. The lowest BCUT2D eigenvalue weighted by Gasteiger charge is -2.33. The minimum atomic E-state index is -2.06. The Balaban J connectivity index is 2.55. The normalized spacial score (nSPS) is 13.6. The molecule has 0 aromatic heterocycles. The standard InChI is InChI=1S/C14H24O2S/c1-14(2,17(3,4)16)11-7-9-12-8-5-6-10-13(12)15/h5-6,8,10,15,17H,7,9,11H2,1-4H3. The molecule has 3 heteroatoms. The van der Waals surface area contributed by atoms with Crippen LogP contribution in [0.4, 0.5) is 0 Å². The number of phenolic OH excluding ortho intramolecular Hbond substituents is 1. The zero-order chi connectivity index (χ0) is 13.1. The third kappa shape index (κ3) is 3.84. The van der Waals surface area contributed by atoms with Crippen molar-refractivity contribution in [1.82, 2.24) is 0 Å². The van der Waals surface area contributed by atoms with Crippen molar-refractivity contribution in [2.24, 2.45) is 0 Å². The van der Waals surface area contributed by atoms with Gasteiger partial charge in [0.25, 0.3) is 0 Å². The molecule has 1 aromatic rings. The number of rotatable bonds is 5. The summed E-state index contributed by atoms with van der Waals surface area (Å²) >= 11 is 0. The topological polar surface area (TPSA) is 37.3 Å². The summed E-state index contributed by atoms with van der Waals surface area (Å²) < 4.78 is 12.0. The quantitative estimate of drug-likeness (QED) is 0.795. The van der Waals surface area contributed by atoms with E-state index in [4.69, 9.17) is 0 Å². The lowest BCUT2D eigenvalue weighted by atomic mass is 10.0. The number of phenols is 1. The van der Waals surface area contributed by atoms with E-state index in [-0.39, 0.29) is 4.75 Å². The van der Waals surface area contributed by atoms with E-state index in [2.05, 4.69) is 13.8 Å². The van der Waals surface area contributed by atoms with Gasteiger partial charge in [-0.1, -0.05) is 32.0 Å². The maximum atomic E-state index is 12.1. The third-order valence-corrected chi connectivity index (χ3v) is 6.82. The zero-order valence-corrected chi connectivity index (χ0v) is 12.1. The molecule has 17 heavy (non-hydrogen) atoms. The lowest BCUT2D eigenvalue weighted by molar-refractivity contribution is 0.465. The molecule has 1 N–H and O–H groups in total. The van der Waals surface area contributed by atoms with Gasteiger partial charge in [0.2, 0.25) is 0 Å². The van der Waals surface area contributed by atoms with Crippen molar-refractivity contribution in [3.63, 3.8) is 0 Å². The minimum absolute atomic E-state index is 0.114. The van der Waals surface area contributed by atoms with Gasteiger partial charge in [0.15, 0.2) is 0 Å². The van der Waals surface area contributed by atoms with Crippen LogP contribution in [0, 0.1) is 0 Å². The molecular formula is C14H24O2S. The van der Waals surface area contributed by atoms with Crippen LogP contribution in [0.3, 0.4) is 0 Å². The number of aryl methyl sites for hydroxylation is 1. The number of benzene rings is 1. The van der Waals surface area contributed by atoms with Crippen LogP contribution in [0.1, 0.15) is 32.3 Å². The average Bonchev–Trinajstić information content (AvgIpc) is 2.19. The molecule has 0 radical (unpaired) electrons. The Morgan fingerprint density at radius 1 is 1.24 bits per heavy atom. The molecule has 0 unspecified atom stereocenters. The summed E-state index contributed by atoms with van der Waals surface area (Å²) in [6, 6.07) is 7.42. The van der Waals surface area contributed by atoms with Gasteiger partial charge in [-0.2, -0.15) is 0 Å². The Hall–Kier alpha value is -0.830. The molecule has 0 aliphatic carbocycles. The number of para-hydroxylation sites is 1. The first-order valence-electron chi connectivity index (χ1n) is 6.06. The van der Waals surface area contributed by atoms with Gasteiger partial charge in [-0.15, -0.1) is 9.93 Å². The predicted octanol–water partition coefficient (Wildman–Crippen LogP) is 2.77. The fourth-order valence-electron chi connectivity index (χ4n) is 1.70. The van der Waals surface area contributed by atoms with Crippen molar-refractivity contribution in [2.75, 3.05) is 12.5 Å². The molecule has 2 nitrogen and oxygen atoms in total. The molecule has 0 aliphatic heterocycles. The second-order valence-electron chi connectivity index (χ2n) is 5.65. The highest BCUT2D eigenvalue weighted by atomic mass is 32.2. The molecule has 0 aliphatic rings. The van der Waals surface area contributed by atoms with Crippen molar-refractivity contribution in [3.05, 3.63) is 29.8 Å². The summed E-state index contributed by atoms with van der Waals surface area (Å²) in [6.07, 6.45) is 6.43. The van der Waals surface area contributed by atoms with Gasteiger partial charge in [0.05, 0.1) is 0 Å². The van der Waals surface area contributed by atoms with E-state index in [1.54, 1.807) is 6.07 Å². The highest BCUT2D eigenvalue weighted by Gasteiger charge is 2.26. The lowest BCUT2D eigenvalue weighted by Crippen LogP contribution is -2.36. The molecule has 1 rings (SSSR count).